The molecule has 1 aromatic carbocycles. The molecule has 1 rings (SSSR count). The Morgan fingerprint density at radius 2 is 1.80 bits per heavy atom. The Kier molecular flexibility index (Phi) is 7.42. The molecule has 0 saturated carbocycles. The molecule has 0 radical (unpaired) electrons. The minimum atomic E-state index is -0.398. The molecule has 2 N–H and O–H groups in total. The topological polar surface area (TPSA) is 87.7 Å². The summed E-state index contributed by atoms with van der Waals surface area (Å²) >= 11 is 0. The van der Waals surface area contributed by atoms with Gasteiger partial charge in [-0.15, -0.1) is 0 Å². The molecule has 0 aliphatic rings. The monoisotopic (exact) mass is 349 g/mol. The molecular weight excluding hydrogens is 322 g/mol. The maximum atomic E-state index is 12.2. The molecule has 0 atom stereocenters. The number of ether oxygens (including phenoxy) is 1. The third-order valence-corrected chi connectivity index (χ3v) is 3.15. The Bertz CT molecular complexity index is 623. The van der Waals surface area contributed by atoms with E-state index in [0.717, 1.165) is 0 Å². The molecule has 0 aromatic heterocycles. The van der Waals surface area contributed by atoms with Crippen molar-refractivity contribution in [3.63, 3.8) is 0 Å². The smallest absolute Gasteiger partial charge is 0.255 e. The molecule has 138 valence electrons. The van der Waals surface area contributed by atoms with Gasteiger partial charge in [0.05, 0.1) is 25.3 Å². The Balaban J connectivity index is 2.55. The number of likely N-dealkylation sites (N-methyl/N-ethyl adjacent to an activating group) is 1. The van der Waals surface area contributed by atoms with Gasteiger partial charge in [-0.1, -0.05) is 12.1 Å². The minimum Gasteiger partial charge on any atom is -0.493 e. The molecule has 25 heavy (non-hydrogen) atoms. The van der Waals surface area contributed by atoms with Gasteiger partial charge in [-0.05, 0) is 39.8 Å². The van der Waals surface area contributed by atoms with Crippen molar-refractivity contribution >= 4 is 17.7 Å². The zero-order valence-corrected chi connectivity index (χ0v) is 15.5. The fraction of sp³-hybridized carbons (Fsp3) is 0.500. The van der Waals surface area contributed by atoms with E-state index in [9.17, 15) is 14.4 Å². The van der Waals surface area contributed by atoms with Crippen molar-refractivity contribution in [1.29, 1.82) is 0 Å². The Hall–Kier alpha value is -2.57. The lowest BCUT2D eigenvalue weighted by molar-refractivity contribution is -0.134. The summed E-state index contributed by atoms with van der Waals surface area (Å²) in [5.41, 5.74) is 0.00308. The third-order valence-electron chi connectivity index (χ3n) is 3.15. The van der Waals surface area contributed by atoms with Crippen LogP contribution in [-0.4, -0.2) is 54.9 Å². The van der Waals surface area contributed by atoms with Crippen LogP contribution in [0.1, 0.15) is 38.1 Å². The summed E-state index contributed by atoms with van der Waals surface area (Å²) < 4.78 is 5.40. The number of rotatable bonds is 7. The van der Waals surface area contributed by atoms with Crippen molar-refractivity contribution in [3.05, 3.63) is 29.8 Å². The molecule has 1 aromatic rings. The summed E-state index contributed by atoms with van der Waals surface area (Å²) in [5.74, 6) is -0.541. The van der Waals surface area contributed by atoms with Crippen LogP contribution in [0.4, 0.5) is 0 Å². The second kappa shape index (κ2) is 9.05. The van der Waals surface area contributed by atoms with Crippen LogP contribution in [0, 0.1) is 0 Å². The van der Waals surface area contributed by atoms with Gasteiger partial charge in [0, 0.05) is 12.6 Å². The molecule has 0 heterocycles. The van der Waals surface area contributed by atoms with Crippen molar-refractivity contribution < 1.29 is 19.1 Å². The van der Waals surface area contributed by atoms with Crippen LogP contribution in [0.3, 0.4) is 0 Å². The van der Waals surface area contributed by atoms with Gasteiger partial charge in [-0.2, -0.15) is 0 Å². The van der Waals surface area contributed by atoms with Gasteiger partial charge in [0.1, 0.15) is 5.75 Å². The van der Waals surface area contributed by atoms with Gasteiger partial charge in [-0.25, -0.2) is 0 Å². The first-order chi connectivity index (χ1) is 11.6. The van der Waals surface area contributed by atoms with E-state index in [-0.39, 0.29) is 30.4 Å². The lowest BCUT2D eigenvalue weighted by atomic mass is 10.1. The highest BCUT2D eigenvalue weighted by Crippen LogP contribution is 2.17. The number of nitrogens with zero attached hydrogens (tertiary/aromatic N) is 1. The average Bonchev–Trinajstić information content (AvgIpc) is 2.51. The number of nitrogens with one attached hydrogen (secondary N) is 2. The molecule has 0 saturated heterocycles. The first-order valence-electron chi connectivity index (χ1n) is 8.19. The zero-order valence-electron chi connectivity index (χ0n) is 15.5. The second-order valence-corrected chi connectivity index (χ2v) is 6.66. The highest BCUT2D eigenvalue weighted by Gasteiger charge is 2.19. The summed E-state index contributed by atoms with van der Waals surface area (Å²) in [7, 11) is 1.52. The molecule has 0 bridgehead atoms. The van der Waals surface area contributed by atoms with E-state index in [1.165, 1.54) is 11.9 Å². The van der Waals surface area contributed by atoms with Crippen LogP contribution in [0.5, 0.6) is 5.75 Å². The molecule has 3 amide bonds. The highest BCUT2D eigenvalue weighted by atomic mass is 16.5. The van der Waals surface area contributed by atoms with E-state index < -0.39 is 5.91 Å². The Labute approximate surface area is 148 Å². The summed E-state index contributed by atoms with van der Waals surface area (Å²) in [6, 6.07) is 6.82. The number of hydrogen-bond acceptors (Lipinski definition) is 4. The van der Waals surface area contributed by atoms with Crippen molar-refractivity contribution in [2.75, 3.05) is 26.7 Å². The molecule has 0 unspecified atom stereocenters. The van der Waals surface area contributed by atoms with Crippen LogP contribution < -0.4 is 15.4 Å². The zero-order chi connectivity index (χ0) is 19.0. The van der Waals surface area contributed by atoms with Gasteiger partial charge in [0.15, 0.2) is 0 Å². The normalized spacial score (nSPS) is 10.8. The van der Waals surface area contributed by atoms with E-state index >= 15 is 0 Å². The van der Waals surface area contributed by atoms with Gasteiger partial charge in [0.25, 0.3) is 5.91 Å². The highest BCUT2D eigenvalue weighted by molar-refractivity contribution is 5.99. The van der Waals surface area contributed by atoms with E-state index in [4.69, 9.17) is 4.74 Å². The summed E-state index contributed by atoms with van der Waals surface area (Å²) in [6.45, 7) is 7.60. The van der Waals surface area contributed by atoms with E-state index in [1.54, 1.807) is 24.3 Å². The van der Waals surface area contributed by atoms with Gasteiger partial charge < -0.3 is 20.3 Å². The number of benzene rings is 1. The average molecular weight is 349 g/mol. The number of para-hydroxylation sites is 1. The van der Waals surface area contributed by atoms with Crippen LogP contribution >= 0.6 is 0 Å². The predicted octanol–water partition coefficient (Wildman–Crippen LogP) is 1.19. The number of hydrogen-bond donors (Lipinski definition) is 2. The van der Waals surface area contributed by atoms with Crippen LogP contribution in [0.25, 0.3) is 0 Å². The predicted molar refractivity (Wildman–Crippen MR) is 95.5 cm³/mol. The van der Waals surface area contributed by atoms with Gasteiger partial charge >= 0.3 is 0 Å². The maximum absolute atomic E-state index is 12.2. The molecular formula is C18H27N3O4. The molecule has 7 heteroatoms. The second-order valence-electron chi connectivity index (χ2n) is 6.66. The fourth-order valence-electron chi connectivity index (χ4n) is 2.08. The SMILES string of the molecule is CCOc1ccccc1C(=O)NCC(=O)N(C)CC(=O)NC(C)(C)C. The molecule has 0 fully saturated rings. The number of carbonyl (C=O) groups is 3. The third kappa shape index (κ3) is 7.24. The quantitative estimate of drug-likeness (QED) is 0.774. The summed E-state index contributed by atoms with van der Waals surface area (Å²) in [6.07, 6.45) is 0. The first kappa shape index (κ1) is 20.5. The van der Waals surface area contributed by atoms with Gasteiger partial charge in [0.2, 0.25) is 11.8 Å². The molecule has 0 aliphatic carbocycles. The van der Waals surface area contributed by atoms with Crippen molar-refractivity contribution in [2.45, 2.75) is 33.2 Å². The largest absolute Gasteiger partial charge is 0.493 e. The van der Waals surface area contributed by atoms with E-state index in [1.807, 2.05) is 27.7 Å². The standard InChI is InChI=1S/C18H27N3O4/c1-6-25-14-10-8-7-9-13(14)17(24)19-11-16(23)21(5)12-15(22)20-18(2,3)4/h7-10H,6,11-12H2,1-5H3,(H,19,24)(H,20,22). The number of carbonyl (C=O) groups excluding carboxylic acids is 3. The van der Waals surface area contributed by atoms with Crippen molar-refractivity contribution in [1.82, 2.24) is 15.5 Å². The Morgan fingerprint density at radius 1 is 1.16 bits per heavy atom. The Morgan fingerprint density at radius 3 is 2.40 bits per heavy atom. The molecule has 7 nitrogen and oxygen atoms in total. The fourth-order valence-corrected chi connectivity index (χ4v) is 2.08. The lowest BCUT2D eigenvalue weighted by Gasteiger charge is -2.23. The first-order valence-corrected chi connectivity index (χ1v) is 8.19. The van der Waals surface area contributed by atoms with Crippen molar-refractivity contribution in [3.8, 4) is 5.75 Å². The van der Waals surface area contributed by atoms with E-state index in [2.05, 4.69) is 10.6 Å². The van der Waals surface area contributed by atoms with Crippen LogP contribution in [-0.2, 0) is 9.59 Å². The summed E-state index contributed by atoms with van der Waals surface area (Å²) in [5, 5.41) is 5.34. The van der Waals surface area contributed by atoms with Crippen LogP contribution in [0.2, 0.25) is 0 Å². The van der Waals surface area contributed by atoms with Crippen molar-refractivity contribution in [2.24, 2.45) is 0 Å². The van der Waals surface area contributed by atoms with Crippen LogP contribution in [0.15, 0.2) is 24.3 Å². The minimum absolute atomic E-state index is 0.0679. The maximum Gasteiger partial charge on any atom is 0.255 e. The van der Waals surface area contributed by atoms with Gasteiger partial charge in [-0.3, -0.25) is 14.4 Å². The molecule has 0 aliphatic heterocycles. The van der Waals surface area contributed by atoms with E-state index in [0.29, 0.717) is 17.9 Å². The molecule has 0 spiro atoms. The lowest BCUT2D eigenvalue weighted by Crippen LogP contribution is -2.47. The summed E-state index contributed by atoms with van der Waals surface area (Å²) in [4.78, 5) is 37.4. The number of amides is 3.